The summed E-state index contributed by atoms with van der Waals surface area (Å²) in [5.74, 6) is 1.41. The van der Waals surface area contributed by atoms with Gasteiger partial charge in [-0.05, 0) is 67.1 Å². The van der Waals surface area contributed by atoms with E-state index in [2.05, 4.69) is 6.58 Å². The maximum Gasteiger partial charge on any atom is 0.290 e. The van der Waals surface area contributed by atoms with Crippen LogP contribution in [0.15, 0.2) is 84.0 Å². The molecule has 37 heavy (non-hydrogen) atoms. The van der Waals surface area contributed by atoms with Gasteiger partial charge in [0.25, 0.3) is 6.47 Å². The molecule has 0 aliphatic carbocycles. The Bertz CT molecular complexity index is 1330. The lowest BCUT2D eigenvalue weighted by Crippen LogP contribution is -2.00. The van der Waals surface area contributed by atoms with Crippen molar-refractivity contribution in [2.24, 2.45) is 0 Å². The summed E-state index contributed by atoms with van der Waals surface area (Å²) in [7, 11) is 0. The molecule has 1 aliphatic rings. The summed E-state index contributed by atoms with van der Waals surface area (Å²) in [6.07, 6.45) is 9.38. The van der Waals surface area contributed by atoms with Crippen molar-refractivity contribution in [3.8, 4) is 28.4 Å². The van der Waals surface area contributed by atoms with Gasteiger partial charge in [-0.15, -0.1) is 0 Å². The second-order valence-electron chi connectivity index (χ2n) is 7.19. The maximum atomic E-state index is 8.36. The van der Waals surface area contributed by atoms with E-state index in [0.717, 1.165) is 28.3 Å². The minimum atomic E-state index is -0.250. The maximum absolute atomic E-state index is 8.36. The van der Waals surface area contributed by atoms with E-state index in [1.807, 2.05) is 69.3 Å². The van der Waals surface area contributed by atoms with Crippen molar-refractivity contribution in [2.45, 2.75) is 20.8 Å². The van der Waals surface area contributed by atoms with Crippen molar-refractivity contribution in [3.05, 3.63) is 99.7 Å². The number of allylic oxidation sites excluding steroid dienone is 6. The summed E-state index contributed by atoms with van der Waals surface area (Å²) in [6, 6.07) is 13.1. The molecule has 0 saturated heterocycles. The molecule has 6 nitrogen and oxygen atoms in total. The van der Waals surface area contributed by atoms with Crippen LogP contribution in [0.5, 0.6) is 11.5 Å². The minimum absolute atomic E-state index is 0.212. The first kappa shape index (κ1) is 29.8. The molecule has 194 valence electrons. The molecule has 0 unspecified atom stereocenters. The highest BCUT2D eigenvalue weighted by Crippen LogP contribution is 2.37. The van der Waals surface area contributed by atoms with Gasteiger partial charge in [0.2, 0.25) is 6.79 Å². The molecule has 1 aromatic heterocycles. The monoisotopic (exact) mass is 560 g/mol. The number of halogens is 3. The number of fused-ring (bicyclic) bond motifs is 1. The number of nitrogens with zero attached hydrogens (tertiary/aromatic N) is 2. The van der Waals surface area contributed by atoms with Gasteiger partial charge in [0.05, 0.1) is 22.1 Å². The van der Waals surface area contributed by atoms with Crippen molar-refractivity contribution in [2.75, 3.05) is 6.79 Å². The first-order valence-corrected chi connectivity index (χ1v) is 12.4. The summed E-state index contributed by atoms with van der Waals surface area (Å²) in [5, 5.41) is 13.3. The molecule has 0 spiro atoms. The molecule has 9 heteroatoms. The fourth-order valence-corrected chi connectivity index (χ4v) is 3.65. The molecular weight excluding hydrogens is 535 g/mol. The van der Waals surface area contributed by atoms with Crippen LogP contribution >= 0.6 is 34.8 Å². The lowest BCUT2D eigenvalue weighted by molar-refractivity contribution is -0.122. The van der Waals surface area contributed by atoms with Crippen molar-refractivity contribution in [1.29, 1.82) is 0 Å². The highest BCUT2D eigenvalue weighted by atomic mass is 35.5. The molecule has 0 saturated carbocycles. The number of benzene rings is 2. The third-order valence-electron chi connectivity index (χ3n) is 4.66. The molecule has 4 rings (SSSR count). The Balaban J connectivity index is 0.000000898. The number of hydrogen-bond acceptors (Lipinski definition) is 4. The average molecular weight is 562 g/mol. The van der Waals surface area contributed by atoms with E-state index in [1.165, 1.54) is 0 Å². The van der Waals surface area contributed by atoms with Crippen LogP contribution in [0, 0.1) is 0 Å². The molecule has 0 amide bonds. The number of ether oxygens (including phenoxy) is 2. The number of carboxylic acid groups (broad SMARTS) is 1. The normalized spacial score (nSPS) is 12.1. The van der Waals surface area contributed by atoms with Gasteiger partial charge < -0.3 is 14.6 Å². The Kier molecular flexibility index (Phi) is 12.0. The topological polar surface area (TPSA) is 73.6 Å². The summed E-state index contributed by atoms with van der Waals surface area (Å²) in [5.41, 5.74) is 4.21. The summed E-state index contributed by atoms with van der Waals surface area (Å²) in [6.45, 7) is 9.58. The zero-order valence-corrected chi connectivity index (χ0v) is 22.9. The predicted octanol–water partition coefficient (Wildman–Crippen LogP) is 8.57. The Hall–Kier alpha value is -3.45. The quantitative estimate of drug-likeness (QED) is 0.241. The molecule has 0 atom stereocenters. The van der Waals surface area contributed by atoms with Crippen LogP contribution in [0.25, 0.3) is 23.0 Å². The van der Waals surface area contributed by atoms with E-state index in [4.69, 9.17) is 59.3 Å². The Labute approximate surface area is 231 Å². The van der Waals surface area contributed by atoms with Gasteiger partial charge in [-0.2, -0.15) is 5.10 Å². The van der Waals surface area contributed by atoms with Crippen molar-refractivity contribution >= 4 is 47.4 Å². The Morgan fingerprint density at radius 2 is 1.73 bits per heavy atom. The Morgan fingerprint density at radius 3 is 2.43 bits per heavy atom. The third-order valence-corrected chi connectivity index (χ3v) is 5.34. The van der Waals surface area contributed by atoms with Crippen LogP contribution in [-0.4, -0.2) is 28.2 Å². The number of rotatable bonds is 6. The summed E-state index contributed by atoms with van der Waals surface area (Å²) in [4.78, 5) is 8.36. The summed E-state index contributed by atoms with van der Waals surface area (Å²) < 4.78 is 12.8. The van der Waals surface area contributed by atoms with Crippen LogP contribution in [0.1, 0.15) is 26.5 Å². The zero-order valence-electron chi connectivity index (χ0n) is 20.6. The second kappa shape index (κ2) is 15.0. The molecule has 0 radical (unpaired) electrons. The van der Waals surface area contributed by atoms with E-state index in [1.54, 1.807) is 29.0 Å². The lowest BCUT2D eigenvalue weighted by atomic mass is 10.1. The largest absolute Gasteiger partial charge is 0.483 e. The molecule has 0 bridgehead atoms. The van der Waals surface area contributed by atoms with Crippen molar-refractivity contribution in [3.63, 3.8) is 0 Å². The third kappa shape index (κ3) is 8.57. The van der Waals surface area contributed by atoms with Gasteiger partial charge in [0, 0.05) is 15.6 Å². The highest BCUT2D eigenvalue weighted by Gasteiger charge is 2.18. The standard InChI is InChI=1S/C25H19Cl3N2O2.C2H6.CH2O2/c1-16(5-3-4-6-17(2)26)11-20-14-22(18-7-10-24-25(12-18)32-15-31-24)30(29-20)23-13-19(27)8-9-21(23)28;1-2;2-1-3/h3-14H,2,15H2,1H3;1-2H3;1H,(H,2,3)/b5-3+,6-4-,16-11+;;. The molecular formula is C28H27Cl3N2O4. The SMILES string of the molecule is C=C(Cl)\C=C/C=C/C(C)=C/c1cc(-c2ccc3c(c2)OCO3)n(-c2cc(Cl)ccc2Cl)n1.CC.O=CO. The van der Waals surface area contributed by atoms with Crippen LogP contribution in [-0.2, 0) is 4.79 Å². The van der Waals surface area contributed by atoms with Gasteiger partial charge in [0.1, 0.15) is 0 Å². The van der Waals surface area contributed by atoms with Crippen LogP contribution in [0.4, 0.5) is 0 Å². The smallest absolute Gasteiger partial charge is 0.290 e. The molecule has 1 N–H and O–H groups in total. The lowest BCUT2D eigenvalue weighted by Gasteiger charge is -2.10. The van der Waals surface area contributed by atoms with Crippen molar-refractivity contribution in [1.82, 2.24) is 9.78 Å². The van der Waals surface area contributed by atoms with Crippen molar-refractivity contribution < 1.29 is 19.4 Å². The van der Waals surface area contributed by atoms with E-state index >= 15 is 0 Å². The van der Waals surface area contributed by atoms with Gasteiger partial charge in [0.15, 0.2) is 11.5 Å². The fraction of sp³-hybridized carbons (Fsp3) is 0.143. The molecule has 0 fully saturated rings. The van der Waals surface area contributed by atoms with Gasteiger partial charge in [-0.25, -0.2) is 4.68 Å². The van der Waals surface area contributed by atoms with E-state index in [9.17, 15) is 0 Å². The van der Waals surface area contributed by atoms with Gasteiger partial charge >= 0.3 is 0 Å². The van der Waals surface area contributed by atoms with Crippen LogP contribution in [0.2, 0.25) is 10.0 Å². The molecule has 3 aromatic rings. The molecule has 2 aromatic carbocycles. The van der Waals surface area contributed by atoms with Crippen LogP contribution < -0.4 is 9.47 Å². The molecule has 2 heterocycles. The van der Waals surface area contributed by atoms with Crippen LogP contribution in [0.3, 0.4) is 0 Å². The van der Waals surface area contributed by atoms with E-state index < -0.39 is 0 Å². The van der Waals surface area contributed by atoms with E-state index in [0.29, 0.717) is 26.5 Å². The molecule has 1 aliphatic heterocycles. The average Bonchev–Trinajstić information content (AvgIpc) is 3.51. The minimum Gasteiger partial charge on any atom is -0.483 e. The fourth-order valence-electron chi connectivity index (χ4n) is 3.21. The first-order valence-electron chi connectivity index (χ1n) is 11.2. The van der Waals surface area contributed by atoms with Gasteiger partial charge in [-0.3, -0.25) is 4.79 Å². The number of aromatic nitrogens is 2. The number of carbonyl (C=O) groups is 1. The highest BCUT2D eigenvalue weighted by molar-refractivity contribution is 6.34. The second-order valence-corrected chi connectivity index (χ2v) is 8.52. The Morgan fingerprint density at radius 1 is 1.05 bits per heavy atom. The predicted molar refractivity (Wildman–Crippen MR) is 152 cm³/mol. The zero-order chi connectivity index (χ0) is 27.4. The van der Waals surface area contributed by atoms with Gasteiger partial charge in [-0.1, -0.05) is 73.5 Å². The number of hydrogen-bond donors (Lipinski definition) is 1. The van der Waals surface area contributed by atoms with E-state index in [-0.39, 0.29) is 13.3 Å². The summed E-state index contributed by atoms with van der Waals surface area (Å²) >= 11 is 18.5. The first-order chi connectivity index (χ1) is 17.8.